The first kappa shape index (κ1) is 23.1. The van der Waals surface area contributed by atoms with E-state index in [1.54, 1.807) is 13.0 Å². The van der Waals surface area contributed by atoms with Crippen LogP contribution in [0.1, 0.15) is 35.2 Å². The molecule has 1 heterocycles. The number of amides is 1. The maximum Gasteiger partial charge on any atom is 0.342 e. The zero-order valence-electron chi connectivity index (χ0n) is 16.9. The van der Waals surface area contributed by atoms with Gasteiger partial charge in [0.1, 0.15) is 11.3 Å². The van der Waals surface area contributed by atoms with Crippen LogP contribution >= 0.6 is 11.6 Å². The third-order valence-electron chi connectivity index (χ3n) is 4.95. The first-order chi connectivity index (χ1) is 14.7. The van der Waals surface area contributed by atoms with Crippen LogP contribution < -0.4 is 5.32 Å². The molecule has 1 saturated heterocycles. The summed E-state index contributed by atoms with van der Waals surface area (Å²) in [5, 5.41) is 12.6. The maximum absolute atomic E-state index is 12.9. The average Bonchev–Trinajstić information content (AvgIpc) is 2.74. The van der Waals surface area contributed by atoms with Crippen molar-refractivity contribution in [2.45, 2.75) is 31.1 Å². The zero-order valence-corrected chi connectivity index (χ0v) is 18.5. The molecule has 10 heteroatoms. The maximum atomic E-state index is 12.9. The predicted octanol–water partition coefficient (Wildman–Crippen LogP) is 3.32. The molecule has 0 saturated carbocycles. The van der Waals surface area contributed by atoms with Gasteiger partial charge in [-0.05, 0) is 55.7 Å². The number of phenolic OH excluding ortho intramolecular Hbond substituents is 1. The monoisotopic (exact) mass is 466 g/mol. The summed E-state index contributed by atoms with van der Waals surface area (Å²) in [5.41, 5.74) is 0.851. The molecule has 0 spiro atoms. The Morgan fingerprint density at radius 3 is 2.52 bits per heavy atom. The average molecular weight is 467 g/mol. The van der Waals surface area contributed by atoms with Gasteiger partial charge >= 0.3 is 5.97 Å². The minimum absolute atomic E-state index is 0.0957. The number of esters is 1. The van der Waals surface area contributed by atoms with Gasteiger partial charge in [0.15, 0.2) is 6.61 Å². The summed E-state index contributed by atoms with van der Waals surface area (Å²) >= 11 is 5.73. The number of halogens is 1. The number of hydrogen-bond acceptors (Lipinski definition) is 6. The summed E-state index contributed by atoms with van der Waals surface area (Å²) in [6.07, 6.45) is 2.65. The van der Waals surface area contributed by atoms with Gasteiger partial charge in [0.05, 0.1) is 4.90 Å². The molecule has 2 N–H and O–H groups in total. The number of hydrogen-bond donors (Lipinski definition) is 2. The number of benzene rings is 2. The lowest BCUT2D eigenvalue weighted by molar-refractivity contribution is -0.119. The Hall–Kier alpha value is -2.62. The second-order valence-electron chi connectivity index (χ2n) is 7.23. The number of carbonyl (C=O) groups is 2. The van der Waals surface area contributed by atoms with Crippen molar-refractivity contribution in [1.29, 1.82) is 0 Å². The number of rotatable bonds is 6. The van der Waals surface area contributed by atoms with Gasteiger partial charge < -0.3 is 15.2 Å². The molecular weight excluding hydrogens is 444 g/mol. The minimum atomic E-state index is -3.65. The van der Waals surface area contributed by atoms with Crippen molar-refractivity contribution in [3.8, 4) is 5.75 Å². The van der Waals surface area contributed by atoms with E-state index < -0.39 is 28.5 Å². The smallest absolute Gasteiger partial charge is 0.342 e. The molecule has 0 unspecified atom stereocenters. The molecule has 8 nitrogen and oxygen atoms in total. The summed E-state index contributed by atoms with van der Waals surface area (Å²) in [7, 11) is -3.65. The number of nitrogens with zero attached hydrogens (tertiary/aromatic N) is 1. The van der Waals surface area contributed by atoms with Crippen LogP contribution in [0.3, 0.4) is 0 Å². The first-order valence-corrected chi connectivity index (χ1v) is 11.6. The molecule has 3 rings (SSSR count). The highest BCUT2D eigenvalue weighted by atomic mass is 35.5. The Bertz CT molecular complexity index is 1100. The normalized spacial score (nSPS) is 14.8. The Balaban J connectivity index is 1.67. The second kappa shape index (κ2) is 9.67. The number of aromatic hydroxyl groups is 1. The number of nitrogens with one attached hydrogen (secondary N) is 1. The van der Waals surface area contributed by atoms with E-state index >= 15 is 0 Å². The predicted molar refractivity (Wildman–Crippen MR) is 116 cm³/mol. The largest absolute Gasteiger partial charge is 0.507 e. The molecule has 0 aliphatic carbocycles. The van der Waals surface area contributed by atoms with Crippen LogP contribution in [0.5, 0.6) is 5.75 Å². The molecule has 1 aliphatic rings. The highest BCUT2D eigenvalue weighted by Gasteiger charge is 2.26. The third kappa shape index (κ3) is 5.55. The van der Waals surface area contributed by atoms with E-state index in [1.165, 1.54) is 34.6 Å². The second-order valence-corrected chi connectivity index (χ2v) is 9.60. The fourth-order valence-electron chi connectivity index (χ4n) is 3.22. The van der Waals surface area contributed by atoms with Crippen LogP contribution in [0, 0.1) is 6.92 Å². The highest BCUT2D eigenvalue weighted by Crippen LogP contribution is 2.25. The van der Waals surface area contributed by atoms with Crippen LogP contribution in [-0.2, 0) is 19.6 Å². The van der Waals surface area contributed by atoms with Gasteiger partial charge in [0, 0.05) is 23.8 Å². The molecule has 31 heavy (non-hydrogen) atoms. The van der Waals surface area contributed by atoms with E-state index in [9.17, 15) is 23.1 Å². The lowest BCUT2D eigenvalue weighted by Gasteiger charge is -2.26. The Morgan fingerprint density at radius 1 is 1.13 bits per heavy atom. The zero-order chi connectivity index (χ0) is 22.6. The van der Waals surface area contributed by atoms with Crippen LogP contribution in [0.2, 0.25) is 5.02 Å². The quantitative estimate of drug-likeness (QED) is 0.631. The minimum Gasteiger partial charge on any atom is -0.507 e. The third-order valence-corrected chi connectivity index (χ3v) is 7.08. The number of aryl methyl sites for hydroxylation is 1. The van der Waals surface area contributed by atoms with Crippen molar-refractivity contribution < 1.29 is 27.9 Å². The van der Waals surface area contributed by atoms with Crippen molar-refractivity contribution in [2.75, 3.05) is 25.0 Å². The number of sulfonamides is 1. The van der Waals surface area contributed by atoms with E-state index in [0.717, 1.165) is 19.3 Å². The van der Waals surface area contributed by atoms with Crippen molar-refractivity contribution in [1.82, 2.24) is 4.31 Å². The van der Waals surface area contributed by atoms with E-state index in [-0.39, 0.29) is 21.2 Å². The SMILES string of the molecule is Cc1ccc(S(=O)(=O)N2CCCCC2)cc1NC(=O)COC(=O)c1ccc(Cl)cc1O. The standard InChI is InChI=1S/C21H23ClN2O6S/c1-14-5-7-16(31(28,29)24-9-3-2-4-10-24)12-18(14)23-20(26)13-30-21(27)17-8-6-15(22)11-19(17)25/h5-8,11-12,25H,2-4,9-10,13H2,1H3,(H,23,26). The summed E-state index contributed by atoms with van der Waals surface area (Å²) in [6.45, 7) is 2.07. The van der Waals surface area contributed by atoms with Crippen LogP contribution in [0.15, 0.2) is 41.3 Å². The fourth-order valence-corrected chi connectivity index (χ4v) is 4.93. The molecular formula is C21H23ClN2O6S. The van der Waals surface area contributed by atoms with E-state index in [4.69, 9.17) is 16.3 Å². The Kier molecular flexibility index (Phi) is 7.19. The van der Waals surface area contributed by atoms with Crippen LogP contribution in [0.25, 0.3) is 0 Å². The number of phenols is 1. The summed E-state index contributed by atoms with van der Waals surface area (Å²) in [5.74, 6) is -1.88. The van der Waals surface area contributed by atoms with Gasteiger partial charge in [-0.25, -0.2) is 13.2 Å². The molecule has 0 atom stereocenters. The Labute approximate surface area is 185 Å². The van der Waals surface area contributed by atoms with E-state index in [0.29, 0.717) is 24.3 Å². The van der Waals surface area contributed by atoms with Gasteiger partial charge in [-0.2, -0.15) is 4.31 Å². The molecule has 0 bridgehead atoms. The lowest BCUT2D eigenvalue weighted by atomic mass is 10.2. The van der Waals surface area contributed by atoms with Gasteiger partial charge in [-0.1, -0.05) is 24.1 Å². The van der Waals surface area contributed by atoms with Gasteiger partial charge in [-0.3, -0.25) is 4.79 Å². The van der Waals surface area contributed by atoms with Crippen molar-refractivity contribution in [3.05, 3.63) is 52.5 Å². The van der Waals surface area contributed by atoms with Crippen molar-refractivity contribution in [2.24, 2.45) is 0 Å². The molecule has 1 amide bonds. The Morgan fingerprint density at radius 2 is 1.84 bits per heavy atom. The summed E-state index contributed by atoms with van der Waals surface area (Å²) < 4.78 is 32.1. The number of piperidine rings is 1. The van der Waals surface area contributed by atoms with Gasteiger partial charge in [-0.15, -0.1) is 0 Å². The van der Waals surface area contributed by atoms with Crippen molar-refractivity contribution in [3.63, 3.8) is 0 Å². The number of anilines is 1. The number of ether oxygens (including phenoxy) is 1. The number of carbonyl (C=O) groups excluding carboxylic acids is 2. The lowest BCUT2D eigenvalue weighted by Crippen LogP contribution is -2.35. The summed E-state index contributed by atoms with van der Waals surface area (Å²) in [6, 6.07) is 8.43. The van der Waals surface area contributed by atoms with Gasteiger partial charge in [0.2, 0.25) is 10.0 Å². The molecule has 1 aliphatic heterocycles. The van der Waals surface area contributed by atoms with Crippen LogP contribution in [0.4, 0.5) is 5.69 Å². The van der Waals surface area contributed by atoms with E-state index in [1.807, 2.05) is 0 Å². The highest BCUT2D eigenvalue weighted by molar-refractivity contribution is 7.89. The molecule has 166 valence electrons. The topological polar surface area (TPSA) is 113 Å². The molecule has 2 aromatic rings. The molecule has 0 radical (unpaired) electrons. The molecule has 0 aromatic heterocycles. The van der Waals surface area contributed by atoms with Crippen LogP contribution in [-0.4, -0.2) is 49.4 Å². The molecule has 1 fully saturated rings. The van der Waals surface area contributed by atoms with Gasteiger partial charge in [0.25, 0.3) is 5.91 Å². The first-order valence-electron chi connectivity index (χ1n) is 9.75. The fraction of sp³-hybridized carbons (Fsp3) is 0.333. The van der Waals surface area contributed by atoms with E-state index in [2.05, 4.69) is 5.32 Å². The van der Waals surface area contributed by atoms with Crippen molar-refractivity contribution >= 4 is 39.2 Å². The summed E-state index contributed by atoms with van der Waals surface area (Å²) in [4.78, 5) is 24.4. The molecule has 2 aromatic carbocycles.